The van der Waals surface area contributed by atoms with Crippen LogP contribution in [0, 0.1) is 27.7 Å². The van der Waals surface area contributed by atoms with Gasteiger partial charge in [0.05, 0.1) is 56.1 Å². The topological polar surface area (TPSA) is 77.9 Å². The quantitative estimate of drug-likeness (QED) is 0.304. The van der Waals surface area contributed by atoms with Gasteiger partial charge in [0.15, 0.2) is 5.76 Å². The Morgan fingerprint density at radius 3 is 2.33 bits per heavy atom. The molecule has 0 unspecified atom stereocenters. The van der Waals surface area contributed by atoms with Crippen molar-refractivity contribution in [1.82, 2.24) is 19.6 Å². The van der Waals surface area contributed by atoms with Crippen LogP contribution in [0.25, 0.3) is 0 Å². The molecule has 10 heteroatoms. The molecule has 3 heterocycles. The molecule has 0 aliphatic rings. The van der Waals surface area contributed by atoms with E-state index in [-0.39, 0.29) is 11.7 Å². The number of carbonyl (C=O) groups is 1. The Bertz CT molecular complexity index is 1360. The number of rotatable bonds is 6. The van der Waals surface area contributed by atoms with E-state index in [4.69, 9.17) is 27.6 Å². The van der Waals surface area contributed by atoms with Crippen molar-refractivity contribution in [2.45, 2.75) is 40.8 Å². The second-order valence-corrected chi connectivity index (χ2v) is 9.42. The summed E-state index contributed by atoms with van der Waals surface area (Å²) in [6.07, 6.45) is 0. The molecule has 0 aliphatic heterocycles. The zero-order chi connectivity index (χ0) is 23.9. The number of carbonyl (C=O) groups excluding carboxylic acids is 1. The van der Waals surface area contributed by atoms with E-state index in [1.165, 1.54) is 0 Å². The van der Waals surface area contributed by atoms with Crippen molar-refractivity contribution in [2.24, 2.45) is 0 Å². The fraction of sp³-hybridized carbons (Fsp3) is 0.261. The van der Waals surface area contributed by atoms with Gasteiger partial charge in [0.25, 0.3) is 5.91 Å². The Morgan fingerprint density at radius 2 is 1.67 bits per heavy atom. The van der Waals surface area contributed by atoms with Gasteiger partial charge in [-0.2, -0.15) is 10.2 Å². The highest BCUT2D eigenvalue weighted by Crippen LogP contribution is 2.26. The van der Waals surface area contributed by atoms with E-state index in [0.29, 0.717) is 40.3 Å². The second-order valence-electron chi connectivity index (χ2n) is 7.81. The summed E-state index contributed by atoms with van der Waals surface area (Å²) in [4.78, 5) is 12.9. The van der Waals surface area contributed by atoms with Gasteiger partial charge in [0.2, 0.25) is 0 Å². The number of benzene rings is 1. The lowest BCUT2D eigenvalue weighted by Gasteiger charge is -2.07. The number of aromatic nitrogens is 4. The number of nitrogens with zero attached hydrogens (tertiary/aromatic N) is 4. The monoisotopic (exact) mass is 549 g/mol. The van der Waals surface area contributed by atoms with Crippen LogP contribution in [0.1, 0.15) is 44.7 Å². The van der Waals surface area contributed by atoms with E-state index < -0.39 is 0 Å². The predicted molar refractivity (Wildman–Crippen MR) is 132 cm³/mol. The normalized spacial score (nSPS) is 11.2. The SMILES string of the molecule is Cc1nn(Cc2ccc(C(=O)Nc3c(C)nn(Cc4ccc(Cl)c(Cl)c4)c3C)o2)c(C)c1Br. The van der Waals surface area contributed by atoms with Gasteiger partial charge in [0.1, 0.15) is 5.76 Å². The van der Waals surface area contributed by atoms with Crippen molar-refractivity contribution >= 4 is 50.7 Å². The van der Waals surface area contributed by atoms with Gasteiger partial charge in [-0.15, -0.1) is 0 Å². The van der Waals surface area contributed by atoms with Crippen LogP contribution >= 0.6 is 39.1 Å². The molecule has 0 fully saturated rings. The molecule has 0 radical (unpaired) electrons. The van der Waals surface area contributed by atoms with Crippen molar-refractivity contribution in [1.29, 1.82) is 0 Å². The molecule has 0 saturated carbocycles. The molecule has 0 saturated heterocycles. The minimum absolute atomic E-state index is 0.224. The van der Waals surface area contributed by atoms with Crippen LogP contribution in [0.4, 0.5) is 5.69 Å². The molecule has 0 spiro atoms. The highest BCUT2D eigenvalue weighted by molar-refractivity contribution is 9.10. The van der Waals surface area contributed by atoms with E-state index in [0.717, 1.165) is 27.1 Å². The number of amides is 1. The van der Waals surface area contributed by atoms with Gasteiger partial charge in [-0.25, -0.2) is 0 Å². The van der Waals surface area contributed by atoms with Crippen LogP contribution in [0.15, 0.2) is 39.2 Å². The molecule has 172 valence electrons. The third-order valence-corrected chi connectivity index (χ3v) is 7.31. The minimum atomic E-state index is -0.337. The predicted octanol–water partition coefficient (Wildman–Crippen LogP) is 6.32. The minimum Gasteiger partial charge on any atom is -0.454 e. The maximum atomic E-state index is 12.9. The molecule has 0 atom stereocenters. The van der Waals surface area contributed by atoms with Crippen molar-refractivity contribution < 1.29 is 9.21 Å². The van der Waals surface area contributed by atoms with E-state index in [1.807, 2.05) is 49.2 Å². The average Bonchev–Trinajstić information content (AvgIpc) is 3.41. The largest absolute Gasteiger partial charge is 0.454 e. The summed E-state index contributed by atoms with van der Waals surface area (Å²) >= 11 is 15.7. The fourth-order valence-corrected chi connectivity index (χ4v) is 4.18. The summed E-state index contributed by atoms with van der Waals surface area (Å²) in [5, 5.41) is 13.0. The van der Waals surface area contributed by atoms with Gasteiger partial charge in [-0.1, -0.05) is 29.3 Å². The van der Waals surface area contributed by atoms with Gasteiger partial charge >= 0.3 is 0 Å². The summed E-state index contributed by atoms with van der Waals surface area (Å²) in [7, 11) is 0. The van der Waals surface area contributed by atoms with Crippen LogP contribution < -0.4 is 5.32 Å². The molecule has 1 aromatic carbocycles. The highest BCUT2D eigenvalue weighted by atomic mass is 79.9. The first-order valence-electron chi connectivity index (χ1n) is 10.2. The van der Waals surface area contributed by atoms with E-state index >= 15 is 0 Å². The number of aryl methyl sites for hydroxylation is 2. The number of hydrogen-bond acceptors (Lipinski definition) is 4. The molecule has 33 heavy (non-hydrogen) atoms. The highest BCUT2D eigenvalue weighted by Gasteiger charge is 2.19. The standard InChI is InChI=1S/C23H22BrCl2N5O2/c1-12-21(24)14(3)31(28-12)11-17-6-8-20(33-17)23(32)27-22-13(2)29-30(15(22)4)10-16-5-7-18(25)19(26)9-16/h5-9H,10-11H2,1-4H3,(H,27,32). The van der Waals surface area contributed by atoms with Crippen LogP contribution in [-0.2, 0) is 13.1 Å². The Kier molecular flexibility index (Phi) is 6.70. The Morgan fingerprint density at radius 1 is 0.970 bits per heavy atom. The Hall–Kier alpha value is -2.55. The number of halogens is 3. The third-order valence-electron chi connectivity index (χ3n) is 5.42. The lowest BCUT2D eigenvalue weighted by molar-refractivity contribution is 0.0994. The first-order valence-corrected chi connectivity index (χ1v) is 11.8. The molecule has 4 rings (SSSR count). The van der Waals surface area contributed by atoms with Gasteiger partial charge in [-0.05, 0) is 73.5 Å². The van der Waals surface area contributed by atoms with Crippen LogP contribution in [-0.4, -0.2) is 25.5 Å². The average molecular weight is 551 g/mol. The van der Waals surface area contributed by atoms with E-state index in [9.17, 15) is 4.79 Å². The molecule has 4 aromatic rings. The Labute approximate surface area is 209 Å². The number of furan rings is 1. The first kappa shape index (κ1) is 23.6. The number of nitrogens with one attached hydrogen (secondary N) is 1. The molecular formula is C23H22BrCl2N5O2. The molecule has 0 aliphatic carbocycles. The van der Waals surface area contributed by atoms with Crippen LogP contribution in [0.2, 0.25) is 10.0 Å². The lowest BCUT2D eigenvalue weighted by atomic mass is 10.2. The summed E-state index contributed by atoms with van der Waals surface area (Å²) in [5.74, 6) is 0.528. The van der Waals surface area contributed by atoms with Gasteiger partial charge < -0.3 is 9.73 Å². The van der Waals surface area contributed by atoms with Gasteiger partial charge in [0, 0.05) is 0 Å². The molecule has 7 nitrogen and oxygen atoms in total. The van der Waals surface area contributed by atoms with Crippen molar-refractivity contribution in [3.63, 3.8) is 0 Å². The maximum Gasteiger partial charge on any atom is 0.291 e. The Balaban J connectivity index is 1.48. The maximum absolute atomic E-state index is 12.9. The van der Waals surface area contributed by atoms with E-state index in [1.54, 1.807) is 18.2 Å². The fourth-order valence-electron chi connectivity index (χ4n) is 3.58. The number of hydrogen-bond donors (Lipinski definition) is 1. The smallest absolute Gasteiger partial charge is 0.291 e. The van der Waals surface area contributed by atoms with Gasteiger partial charge in [-0.3, -0.25) is 14.2 Å². The van der Waals surface area contributed by atoms with Crippen LogP contribution in [0.3, 0.4) is 0 Å². The van der Waals surface area contributed by atoms with Crippen molar-refractivity contribution in [3.05, 3.63) is 84.7 Å². The summed E-state index contributed by atoms with van der Waals surface area (Å²) in [6.45, 7) is 8.60. The van der Waals surface area contributed by atoms with E-state index in [2.05, 4.69) is 31.4 Å². The van der Waals surface area contributed by atoms with Crippen molar-refractivity contribution in [2.75, 3.05) is 5.32 Å². The second kappa shape index (κ2) is 9.37. The summed E-state index contributed by atoms with van der Waals surface area (Å²) < 4.78 is 10.4. The third kappa shape index (κ3) is 4.88. The molecule has 0 bridgehead atoms. The summed E-state index contributed by atoms with van der Waals surface area (Å²) in [6, 6.07) is 8.91. The molecule has 1 N–H and O–H groups in total. The molecule has 3 aromatic heterocycles. The zero-order valence-electron chi connectivity index (χ0n) is 18.5. The van der Waals surface area contributed by atoms with Crippen LogP contribution in [0.5, 0.6) is 0 Å². The first-order chi connectivity index (χ1) is 15.6. The number of anilines is 1. The zero-order valence-corrected chi connectivity index (χ0v) is 21.6. The molecule has 1 amide bonds. The van der Waals surface area contributed by atoms with Crippen molar-refractivity contribution in [3.8, 4) is 0 Å². The lowest BCUT2D eigenvalue weighted by Crippen LogP contribution is -2.12. The molecular weight excluding hydrogens is 529 g/mol. The summed E-state index contributed by atoms with van der Waals surface area (Å²) in [5.41, 5.74) is 5.04.